The van der Waals surface area contributed by atoms with E-state index in [0.29, 0.717) is 0 Å². The van der Waals surface area contributed by atoms with E-state index < -0.39 is 29.3 Å². The molecule has 1 fully saturated rings. The Morgan fingerprint density at radius 3 is 2.48 bits per heavy atom. The molecule has 1 aliphatic heterocycles. The number of nitrogens with one attached hydrogen (secondary N) is 1. The van der Waals surface area contributed by atoms with E-state index in [1.54, 1.807) is 13.8 Å². The van der Waals surface area contributed by atoms with Gasteiger partial charge in [-0.05, 0) is 20.3 Å². The van der Waals surface area contributed by atoms with Crippen LogP contribution in [0, 0.1) is 0 Å². The molecule has 0 aromatic rings. The first-order chi connectivity index (χ1) is 10.8. The summed E-state index contributed by atoms with van der Waals surface area (Å²) in [6.07, 6.45) is 0.310. The zero-order valence-electron chi connectivity index (χ0n) is 13.4. The summed E-state index contributed by atoms with van der Waals surface area (Å²) in [6, 6.07) is -1.01. The maximum Gasteiger partial charge on any atom is 0.328 e. The fourth-order valence-electron chi connectivity index (χ4n) is 1.90. The molecule has 0 aromatic heterocycles. The predicted molar refractivity (Wildman–Crippen MR) is 77.6 cm³/mol. The number of carbonyl (C=O) groups is 3. The molecule has 1 saturated heterocycles. The van der Waals surface area contributed by atoms with Gasteiger partial charge in [0.1, 0.15) is 6.04 Å². The maximum atomic E-state index is 12.3. The molecule has 0 aliphatic carbocycles. The summed E-state index contributed by atoms with van der Waals surface area (Å²) in [7, 11) is 1.38. The van der Waals surface area contributed by atoms with Crippen LogP contribution in [-0.2, 0) is 28.6 Å². The van der Waals surface area contributed by atoms with Crippen molar-refractivity contribution >= 4 is 23.9 Å². The van der Waals surface area contributed by atoms with Gasteiger partial charge in [-0.1, -0.05) is 0 Å². The molecule has 0 radical (unpaired) electrons. The van der Waals surface area contributed by atoms with Gasteiger partial charge in [0.2, 0.25) is 5.78 Å². The minimum atomic E-state index is -1.12. The lowest BCUT2D eigenvalue weighted by molar-refractivity contribution is -0.202. The molecular formula is C14H21N3O6. The summed E-state index contributed by atoms with van der Waals surface area (Å²) in [5.41, 5.74) is 7.19. The average molecular weight is 327 g/mol. The van der Waals surface area contributed by atoms with Gasteiger partial charge in [0.25, 0.3) is 5.91 Å². The molecule has 1 atom stereocenters. The summed E-state index contributed by atoms with van der Waals surface area (Å²) in [5, 5.41) is 2.54. The van der Waals surface area contributed by atoms with Crippen molar-refractivity contribution < 1.29 is 33.4 Å². The third-order valence-corrected chi connectivity index (χ3v) is 3.30. The Kier molecular flexibility index (Phi) is 7.02. The SMILES string of the molecule is COC1(C(=O)N[C@@H](CCC(=O)C=[N+]=[N-])C(=O)OC(C)C)COC1. The molecule has 0 spiro atoms. The molecule has 0 bridgehead atoms. The Balaban J connectivity index is 2.73. The van der Waals surface area contributed by atoms with E-state index in [4.69, 9.17) is 19.7 Å². The third kappa shape index (κ3) is 5.24. The Labute approximate surface area is 133 Å². The van der Waals surface area contributed by atoms with Crippen LogP contribution in [0.2, 0.25) is 0 Å². The van der Waals surface area contributed by atoms with Gasteiger partial charge < -0.3 is 25.1 Å². The molecule has 1 rings (SSSR count). The zero-order valence-corrected chi connectivity index (χ0v) is 13.4. The molecule has 1 aliphatic rings. The topological polar surface area (TPSA) is 127 Å². The zero-order chi connectivity index (χ0) is 17.5. The van der Waals surface area contributed by atoms with Gasteiger partial charge in [-0.3, -0.25) is 9.59 Å². The van der Waals surface area contributed by atoms with E-state index in [-0.39, 0.29) is 32.2 Å². The van der Waals surface area contributed by atoms with E-state index >= 15 is 0 Å². The summed E-state index contributed by atoms with van der Waals surface area (Å²) in [5.74, 6) is -1.62. The number of Topliss-reactive ketones (excluding diaryl/α,β-unsaturated/α-hetero) is 1. The van der Waals surface area contributed by atoms with Crippen LogP contribution in [0.1, 0.15) is 26.7 Å². The third-order valence-electron chi connectivity index (χ3n) is 3.30. The number of ether oxygens (including phenoxy) is 3. The highest BCUT2D eigenvalue weighted by Gasteiger charge is 2.47. The predicted octanol–water partition coefficient (Wildman–Crippen LogP) is -0.512. The summed E-state index contributed by atoms with van der Waals surface area (Å²) < 4.78 is 15.2. The van der Waals surface area contributed by atoms with Crippen LogP contribution in [0.25, 0.3) is 5.53 Å². The molecular weight excluding hydrogens is 306 g/mol. The molecule has 23 heavy (non-hydrogen) atoms. The second kappa shape index (κ2) is 8.52. The van der Waals surface area contributed by atoms with Crippen molar-refractivity contribution in [1.82, 2.24) is 5.32 Å². The Bertz CT molecular complexity index is 503. The molecule has 0 unspecified atom stereocenters. The van der Waals surface area contributed by atoms with Crippen LogP contribution < -0.4 is 5.32 Å². The minimum absolute atomic E-state index is 0.0167. The molecule has 9 heteroatoms. The Morgan fingerprint density at radius 1 is 1.39 bits per heavy atom. The lowest BCUT2D eigenvalue weighted by atomic mass is 9.99. The quantitative estimate of drug-likeness (QED) is 0.263. The van der Waals surface area contributed by atoms with Crippen LogP contribution in [0.15, 0.2) is 0 Å². The van der Waals surface area contributed by atoms with Crippen molar-refractivity contribution in [3.63, 3.8) is 0 Å². The monoisotopic (exact) mass is 327 g/mol. The van der Waals surface area contributed by atoms with E-state index in [1.165, 1.54) is 7.11 Å². The molecule has 1 heterocycles. The number of esters is 1. The molecule has 1 amide bonds. The van der Waals surface area contributed by atoms with Crippen LogP contribution in [0.4, 0.5) is 0 Å². The van der Waals surface area contributed by atoms with Crippen molar-refractivity contribution in [2.75, 3.05) is 20.3 Å². The van der Waals surface area contributed by atoms with E-state index in [2.05, 4.69) is 10.1 Å². The fraction of sp³-hybridized carbons (Fsp3) is 0.714. The first-order valence-corrected chi connectivity index (χ1v) is 7.19. The van der Waals surface area contributed by atoms with Crippen molar-refractivity contribution in [3.05, 3.63) is 5.53 Å². The number of hydrogen-bond acceptors (Lipinski definition) is 6. The minimum Gasteiger partial charge on any atom is -0.461 e. The van der Waals surface area contributed by atoms with Gasteiger partial charge in [0.15, 0.2) is 5.60 Å². The Hall–Kier alpha value is -2.09. The number of hydrogen-bond donors (Lipinski definition) is 1. The number of amides is 1. The van der Waals surface area contributed by atoms with Crippen LogP contribution in [-0.4, -0.2) is 66.7 Å². The van der Waals surface area contributed by atoms with Gasteiger partial charge in [0.05, 0.1) is 19.3 Å². The molecule has 1 N–H and O–H groups in total. The number of carbonyl (C=O) groups excluding carboxylic acids is 3. The van der Waals surface area contributed by atoms with Crippen molar-refractivity contribution in [2.45, 2.75) is 44.4 Å². The normalized spacial score (nSPS) is 16.7. The van der Waals surface area contributed by atoms with E-state index in [0.717, 1.165) is 6.21 Å². The fourth-order valence-corrected chi connectivity index (χ4v) is 1.90. The highest BCUT2D eigenvalue weighted by molar-refractivity contribution is 6.25. The van der Waals surface area contributed by atoms with E-state index in [1.807, 2.05) is 0 Å². The van der Waals surface area contributed by atoms with Gasteiger partial charge >= 0.3 is 12.2 Å². The smallest absolute Gasteiger partial charge is 0.328 e. The lowest BCUT2D eigenvalue weighted by Gasteiger charge is -2.38. The van der Waals surface area contributed by atoms with Crippen molar-refractivity contribution in [1.29, 1.82) is 0 Å². The molecule has 0 aromatic carbocycles. The molecule has 128 valence electrons. The number of nitrogens with zero attached hydrogens (tertiary/aromatic N) is 2. The second-order valence-electron chi connectivity index (χ2n) is 5.45. The summed E-state index contributed by atoms with van der Waals surface area (Å²) in [6.45, 7) is 3.54. The van der Waals surface area contributed by atoms with Gasteiger partial charge in [-0.2, -0.15) is 4.79 Å². The van der Waals surface area contributed by atoms with Gasteiger partial charge in [-0.15, -0.1) is 0 Å². The standard InChI is InChI=1S/C14H21N3O6/c1-9(2)23-12(19)11(5-4-10(18)6-16-15)17-13(20)14(21-3)7-22-8-14/h6,9,11H,4-5,7-8H2,1-3H3,(H,17,20)/t11-/m0/s1. The van der Waals surface area contributed by atoms with Crippen LogP contribution >= 0.6 is 0 Å². The first kappa shape index (κ1) is 19.0. The van der Waals surface area contributed by atoms with Gasteiger partial charge in [-0.25, -0.2) is 4.79 Å². The Morgan fingerprint density at radius 2 is 2.04 bits per heavy atom. The number of ketones is 1. The van der Waals surface area contributed by atoms with Crippen LogP contribution in [0.5, 0.6) is 0 Å². The number of methoxy groups -OCH3 is 1. The number of rotatable bonds is 9. The summed E-state index contributed by atoms with van der Waals surface area (Å²) in [4.78, 5) is 38.4. The summed E-state index contributed by atoms with van der Waals surface area (Å²) >= 11 is 0. The average Bonchev–Trinajstić information content (AvgIpc) is 2.42. The van der Waals surface area contributed by atoms with E-state index in [9.17, 15) is 14.4 Å². The molecule has 9 nitrogen and oxygen atoms in total. The lowest BCUT2D eigenvalue weighted by Crippen LogP contribution is -2.63. The first-order valence-electron chi connectivity index (χ1n) is 7.19. The molecule has 0 saturated carbocycles. The van der Waals surface area contributed by atoms with Crippen LogP contribution in [0.3, 0.4) is 0 Å². The highest BCUT2D eigenvalue weighted by atomic mass is 16.6. The second-order valence-corrected chi connectivity index (χ2v) is 5.45. The largest absolute Gasteiger partial charge is 0.461 e. The highest BCUT2D eigenvalue weighted by Crippen LogP contribution is 2.21. The van der Waals surface area contributed by atoms with Gasteiger partial charge in [0, 0.05) is 13.5 Å². The van der Waals surface area contributed by atoms with Crippen molar-refractivity contribution in [2.24, 2.45) is 0 Å². The van der Waals surface area contributed by atoms with Crippen molar-refractivity contribution in [3.8, 4) is 0 Å². The maximum absolute atomic E-state index is 12.3.